The van der Waals surface area contributed by atoms with Gasteiger partial charge >= 0.3 is 0 Å². The van der Waals surface area contributed by atoms with Crippen LogP contribution in [0.25, 0.3) is 0 Å². The van der Waals surface area contributed by atoms with Crippen molar-refractivity contribution in [2.45, 2.75) is 46.0 Å². The molecule has 0 radical (unpaired) electrons. The molecule has 0 aromatic rings. The molecule has 0 saturated heterocycles. The molecule has 13 heavy (non-hydrogen) atoms. The van der Waals surface area contributed by atoms with Gasteiger partial charge in [0.25, 0.3) is 0 Å². The first-order valence-corrected chi connectivity index (χ1v) is 4.85. The highest BCUT2D eigenvalue weighted by molar-refractivity contribution is 5.78. The molecule has 76 valence electrons. The third-order valence-electron chi connectivity index (χ3n) is 1.98. The fourth-order valence-electron chi connectivity index (χ4n) is 0.946. The molecule has 0 unspecified atom stereocenters. The van der Waals surface area contributed by atoms with E-state index >= 15 is 0 Å². The zero-order chi connectivity index (χ0) is 10.3. The van der Waals surface area contributed by atoms with Gasteiger partial charge in [-0.2, -0.15) is 0 Å². The minimum absolute atomic E-state index is 0.00926. The van der Waals surface area contributed by atoms with E-state index in [-0.39, 0.29) is 11.8 Å². The number of carbonyl (C=O) groups excluding carboxylic acids is 2. The molecule has 2 N–H and O–H groups in total. The van der Waals surface area contributed by atoms with Crippen molar-refractivity contribution in [2.75, 3.05) is 0 Å². The molecular formula is C10H19NO2. The molecule has 3 nitrogen and oxygen atoms in total. The summed E-state index contributed by atoms with van der Waals surface area (Å²) in [6, 6.07) is 0. The van der Waals surface area contributed by atoms with Crippen LogP contribution in [0.5, 0.6) is 0 Å². The van der Waals surface area contributed by atoms with Crippen LogP contribution in [0.4, 0.5) is 0 Å². The molecule has 1 fully saturated rings. The SMILES string of the molecule is CC(C)C(N)=O.O=C1CCCCC1. The summed E-state index contributed by atoms with van der Waals surface area (Å²) in [5.41, 5.74) is 4.80. The molecule has 0 aliphatic heterocycles. The van der Waals surface area contributed by atoms with Gasteiger partial charge in [0.2, 0.25) is 5.91 Å². The smallest absolute Gasteiger partial charge is 0.219 e. The van der Waals surface area contributed by atoms with Crippen molar-refractivity contribution in [1.29, 1.82) is 0 Å². The van der Waals surface area contributed by atoms with Crippen LogP contribution in [-0.4, -0.2) is 11.7 Å². The number of amides is 1. The second-order valence-electron chi connectivity index (χ2n) is 3.66. The van der Waals surface area contributed by atoms with Crippen molar-refractivity contribution in [2.24, 2.45) is 11.7 Å². The first-order chi connectivity index (χ1) is 6.04. The molecule has 0 heterocycles. The molecule has 1 rings (SSSR count). The Morgan fingerprint density at radius 1 is 1.23 bits per heavy atom. The van der Waals surface area contributed by atoms with E-state index in [1.54, 1.807) is 13.8 Å². The number of rotatable bonds is 1. The highest BCUT2D eigenvalue weighted by atomic mass is 16.1. The molecule has 1 aliphatic rings. The Balaban J connectivity index is 0.000000226. The Bertz CT molecular complexity index is 168. The predicted molar refractivity (Wildman–Crippen MR) is 52.1 cm³/mol. The summed E-state index contributed by atoms with van der Waals surface area (Å²) in [6.45, 7) is 3.53. The number of ketones is 1. The van der Waals surface area contributed by atoms with Crippen LogP contribution in [0.3, 0.4) is 0 Å². The molecule has 0 bridgehead atoms. The average Bonchev–Trinajstić information content (AvgIpc) is 2.06. The first-order valence-electron chi connectivity index (χ1n) is 4.85. The molecule has 0 aromatic carbocycles. The lowest BCUT2D eigenvalue weighted by Crippen LogP contribution is -2.17. The zero-order valence-corrected chi connectivity index (χ0v) is 8.51. The van der Waals surface area contributed by atoms with Crippen LogP contribution in [-0.2, 0) is 9.59 Å². The summed E-state index contributed by atoms with van der Waals surface area (Å²) >= 11 is 0. The van der Waals surface area contributed by atoms with Gasteiger partial charge in [-0.3, -0.25) is 9.59 Å². The fraction of sp³-hybridized carbons (Fsp3) is 0.800. The Hall–Kier alpha value is -0.860. The molecule has 1 amide bonds. The quantitative estimate of drug-likeness (QED) is 0.675. The molecule has 0 spiro atoms. The topological polar surface area (TPSA) is 60.2 Å². The number of nitrogens with two attached hydrogens (primary N) is 1. The number of Topliss-reactive ketones (excluding diaryl/α,β-unsaturated/α-hetero) is 1. The van der Waals surface area contributed by atoms with Crippen LogP contribution in [0.1, 0.15) is 46.0 Å². The van der Waals surface area contributed by atoms with E-state index < -0.39 is 0 Å². The maximum atomic E-state index is 10.5. The Labute approximate surface area is 79.7 Å². The third-order valence-corrected chi connectivity index (χ3v) is 1.98. The minimum atomic E-state index is -0.241. The summed E-state index contributed by atoms with van der Waals surface area (Å²) in [4.78, 5) is 20.4. The summed E-state index contributed by atoms with van der Waals surface area (Å²) in [7, 11) is 0. The lowest BCUT2D eigenvalue weighted by atomic mass is 10.00. The van der Waals surface area contributed by atoms with Crippen molar-refractivity contribution < 1.29 is 9.59 Å². The van der Waals surface area contributed by atoms with E-state index in [0.29, 0.717) is 5.78 Å². The van der Waals surface area contributed by atoms with Crippen LogP contribution >= 0.6 is 0 Å². The Morgan fingerprint density at radius 3 is 1.77 bits per heavy atom. The van der Waals surface area contributed by atoms with Crippen molar-refractivity contribution in [3.05, 3.63) is 0 Å². The second kappa shape index (κ2) is 6.63. The van der Waals surface area contributed by atoms with E-state index in [1.165, 1.54) is 6.42 Å². The predicted octanol–water partition coefficient (Wildman–Crippen LogP) is 1.65. The van der Waals surface area contributed by atoms with Crippen LogP contribution in [0, 0.1) is 5.92 Å². The third kappa shape index (κ3) is 7.50. The van der Waals surface area contributed by atoms with Gasteiger partial charge in [0.15, 0.2) is 0 Å². The highest BCUT2D eigenvalue weighted by Gasteiger charge is 2.05. The first kappa shape index (κ1) is 12.1. The second-order valence-corrected chi connectivity index (χ2v) is 3.66. The van der Waals surface area contributed by atoms with E-state index in [0.717, 1.165) is 25.7 Å². The van der Waals surface area contributed by atoms with Gasteiger partial charge < -0.3 is 5.73 Å². The largest absolute Gasteiger partial charge is 0.369 e. The average molecular weight is 185 g/mol. The molecule has 1 aliphatic carbocycles. The van der Waals surface area contributed by atoms with E-state index in [4.69, 9.17) is 5.73 Å². The molecule has 0 atom stereocenters. The zero-order valence-electron chi connectivity index (χ0n) is 8.51. The monoisotopic (exact) mass is 185 g/mol. The van der Waals surface area contributed by atoms with Gasteiger partial charge in [-0.1, -0.05) is 20.3 Å². The molecule has 1 saturated carbocycles. The maximum absolute atomic E-state index is 10.5. The van der Waals surface area contributed by atoms with Crippen LogP contribution in [0.2, 0.25) is 0 Å². The van der Waals surface area contributed by atoms with Crippen LogP contribution in [0.15, 0.2) is 0 Å². The van der Waals surface area contributed by atoms with Gasteiger partial charge in [0, 0.05) is 18.8 Å². The van der Waals surface area contributed by atoms with Crippen molar-refractivity contribution in [3.63, 3.8) is 0 Å². The van der Waals surface area contributed by atoms with E-state index in [1.807, 2.05) is 0 Å². The van der Waals surface area contributed by atoms with E-state index in [2.05, 4.69) is 0 Å². The van der Waals surface area contributed by atoms with Gasteiger partial charge in [-0.15, -0.1) is 0 Å². The molecule has 0 aromatic heterocycles. The minimum Gasteiger partial charge on any atom is -0.369 e. The van der Waals surface area contributed by atoms with Crippen molar-refractivity contribution in [3.8, 4) is 0 Å². The number of primary amides is 1. The van der Waals surface area contributed by atoms with E-state index in [9.17, 15) is 9.59 Å². The number of hydrogen-bond donors (Lipinski definition) is 1. The lowest BCUT2D eigenvalue weighted by molar-refractivity contribution is -0.121. The van der Waals surface area contributed by atoms with Gasteiger partial charge in [-0.25, -0.2) is 0 Å². The standard InChI is InChI=1S/C6H10O.C4H9NO/c7-6-4-2-1-3-5-6;1-3(2)4(5)6/h1-5H2;3H,1-2H3,(H2,5,6). The summed E-state index contributed by atoms with van der Waals surface area (Å²) < 4.78 is 0. The summed E-state index contributed by atoms with van der Waals surface area (Å²) in [5, 5.41) is 0. The van der Waals surface area contributed by atoms with Crippen LogP contribution < -0.4 is 5.73 Å². The highest BCUT2D eigenvalue weighted by Crippen LogP contribution is 2.12. The Kier molecular flexibility index (Phi) is 6.20. The van der Waals surface area contributed by atoms with Gasteiger partial charge in [0.05, 0.1) is 0 Å². The lowest BCUT2D eigenvalue weighted by Gasteiger charge is -2.05. The van der Waals surface area contributed by atoms with Gasteiger partial charge in [-0.05, 0) is 12.8 Å². The molecule has 3 heteroatoms. The van der Waals surface area contributed by atoms with Gasteiger partial charge in [0.1, 0.15) is 5.78 Å². The fourth-order valence-corrected chi connectivity index (χ4v) is 0.946. The number of hydrogen-bond acceptors (Lipinski definition) is 2. The normalized spacial score (nSPS) is 16.4. The summed E-state index contributed by atoms with van der Waals surface area (Å²) in [5.74, 6) is 0.214. The summed E-state index contributed by atoms with van der Waals surface area (Å²) in [6.07, 6.45) is 5.24. The van der Waals surface area contributed by atoms with Crippen molar-refractivity contribution >= 4 is 11.7 Å². The maximum Gasteiger partial charge on any atom is 0.219 e. The molecular weight excluding hydrogens is 166 g/mol. The van der Waals surface area contributed by atoms with Crippen molar-refractivity contribution in [1.82, 2.24) is 0 Å². The number of carbonyl (C=O) groups is 2. The Morgan fingerprint density at radius 2 is 1.62 bits per heavy atom.